The Morgan fingerprint density at radius 1 is 1.47 bits per heavy atom. The van der Waals surface area contributed by atoms with Crippen LogP contribution in [-0.4, -0.2) is 44.6 Å². The minimum absolute atomic E-state index is 0. The molecular formula is C14H21ClN2O2. The average molecular weight is 285 g/mol. The molecule has 1 aromatic carbocycles. The second-order valence-electron chi connectivity index (χ2n) is 4.56. The molecule has 1 aromatic rings. The van der Waals surface area contributed by atoms with Gasteiger partial charge in [0.05, 0.1) is 6.61 Å². The Morgan fingerprint density at radius 2 is 2.21 bits per heavy atom. The third-order valence-electron chi connectivity index (χ3n) is 3.29. The summed E-state index contributed by atoms with van der Waals surface area (Å²) in [5, 5.41) is 3.04. The quantitative estimate of drug-likeness (QED) is 0.909. The Bertz CT molecular complexity index is 426. The molecule has 0 aliphatic carbocycles. The van der Waals surface area contributed by atoms with Crippen LogP contribution in [0.25, 0.3) is 0 Å². The number of ether oxygens (including phenoxy) is 1. The molecule has 0 radical (unpaired) electrons. The van der Waals surface area contributed by atoms with Gasteiger partial charge < -0.3 is 15.0 Å². The highest BCUT2D eigenvalue weighted by Gasteiger charge is 2.29. The van der Waals surface area contributed by atoms with Crippen LogP contribution in [0.3, 0.4) is 0 Å². The smallest absolute Gasteiger partial charge is 0.256 e. The topological polar surface area (TPSA) is 41.6 Å². The van der Waals surface area contributed by atoms with Gasteiger partial charge in [0.2, 0.25) is 0 Å². The number of halogens is 1. The molecule has 4 nitrogen and oxygen atoms in total. The van der Waals surface area contributed by atoms with Crippen LogP contribution in [0, 0.1) is 0 Å². The predicted molar refractivity (Wildman–Crippen MR) is 77.7 cm³/mol. The van der Waals surface area contributed by atoms with Crippen LogP contribution in [0.4, 0.5) is 0 Å². The first-order valence-electron chi connectivity index (χ1n) is 6.33. The Labute approximate surface area is 120 Å². The van der Waals surface area contributed by atoms with E-state index in [0.29, 0.717) is 13.2 Å². The highest BCUT2D eigenvalue weighted by molar-refractivity contribution is 5.85. The average Bonchev–Trinajstić information content (AvgIpc) is 2.43. The lowest BCUT2D eigenvalue weighted by atomic mass is 9.97. The summed E-state index contributed by atoms with van der Waals surface area (Å²) in [6.45, 7) is 2.10. The SMILES string of the molecule is CNCCN(C)C(=O)C1OCCc2ccccc21.Cl. The third-order valence-corrected chi connectivity index (χ3v) is 3.29. The number of nitrogens with one attached hydrogen (secondary N) is 1. The van der Waals surface area contributed by atoms with Gasteiger partial charge in [-0.3, -0.25) is 4.79 Å². The van der Waals surface area contributed by atoms with Crippen molar-refractivity contribution in [2.75, 3.05) is 33.8 Å². The predicted octanol–water partition coefficient (Wildman–Crippen LogP) is 1.40. The number of carbonyl (C=O) groups is 1. The number of fused-ring (bicyclic) bond motifs is 1. The van der Waals surface area contributed by atoms with Crippen LogP contribution in [-0.2, 0) is 16.0 Å². The van der Waals surface area contributed by atoms with E-state index in [4.69, 9.17) is 4.74 Å². The van der Waals surface area contributed by atoms with Gasteiger partial charge in [-0.05, 0) is 24.6 Å². The minimum atomic E-state index is -0.434. The highest BCUT2D eigenvalue weighted by Crippen LogP contribution is 2.28. The van der Waals surface area contributed by atoms with Crippen LogP contribution in [0.5, 0.6) is 0 Å². The molecule has 0 saturated carbocycles. The van der Waals surface area contributed by atoms with Crippen molar-refractivity contribution in [3.05, 3.63) is 35.4 Å². The molecule has 1 aliphatic heterocycles. The second-order valence-corrected chi connectivity index (χ2v) is 4.56. The number of hydrogen-bond acceptors (Lipinski definition) is 3. The number of hydrogen-bond donors (Lipinski definition) is 1. The summed E-state index contributed by atoms with van der Waals surface area (Å²) >= 11 is 0. The first kappa shape index (κ1) is 16.0. The van der Waals surface area contributed by atoms with Gasteiger partial charge in [-0.15, -0.1) is 12.4 Å². The summed E-state index contributed by atoms with van der Waals surface area (Å²) in [6.07, 6.45) is 0.456. The summed E-state index contributed by atoms with van der Waals surface area (Å²) in [5.74, 6) is 0.0393. The van der Waals surface area contributed by atoms with Gasteiger partial charge >= 0.3 is 0 Å². The number of carbonyl (C=O) groups excluding carboxylic acids is 1. The van der Waals surface area contributed by atoms with Crippen LogP contribution < -0.4 is 5.32 Å². The Morgan fingerprint density at radius 3 is 2.95 bits per heavy atom. The van der Waals surface area contributed by atoms with Gasteiger partial charge in [-0.2, -0.15) is 0 Å². The zero-order chi connectivity index (χ0) is 13.0. The fraction of sp³-hybridized carbons (Fsp3) is 0.500. The van der Waals surface area contributed by atoms with E-state index in [-0.39, 0.29) is 18.3 Å². The highest BCUT2D eigenvalue weighted by atomic mass is 35.5. The first-order chi connectivity index (χ1) is 8.74. The van der Waals surface area contributed by atoms with Crippen molar-refractivity contribution in [2.45, 2.75) is 12.5 Å². The maximum atomic E-state index is 12.3. The van der Waals surface area contributed by atoms with Crippen molar-refractivity contribution in [3.8, 4) is 0 Å². The molecule has 1 unspecified atom stereocenters. The molecule has 19 heavy (non-hydrogen) atoms. The molecular weight excluding hydrogens is 264 g/mol. The molecule has 106 valence electrons. The number of nitrogens with zero attached hydrogens (tertiary/aromatic N) is 1. The summed E-state index contributed by atoms with van der Waals surface area (Å²) in [7, 11) is 3.70. The molecule has 5 heteroatoms. The number of benzene rings is 1. The zero-order valence-electron chi connectivity index (χ0n) is 11.4. The largest absolute Gasteiger partial charge is 0.363 e. The molecule has 0 bridgehead atoms. The summed E-state index contributed by atoms with van der Waals surface area (Å²) in [6, 6.07) is 8.03. The van der Waals surface area contributed by atoms with E-state index in [1.807, 2.05) is 32.3 Å². The van der Waals surface area contributed by atoms with E-state index in [0.717, 1.165) is 18.5 Å². The standard InChI is InChI=1S/C14H20N2O2.ClH/c1-15-8-9-16(2)14(17)13-12-6-4-3-5-11(12)7-10-18-13;/h3-6,13,15H,7-10H2,1-2H3;1H. The van der Waals surface area contributed by atoms with E-state index in [1.54, 1.807) is 4.90 Å². The van der Waals surface area contributed by atoms with Crippen molar-refractivity contribution >= 4 is 18.3 Å². The van der Waals surface area contributed by atoms with E-state index < -0.39 is 6.10 Å². The Hall–Kier alpha value is -1.10. The van der Waals surface area contributed by atoms with Crippen LogP contribution in [0.2, 0.25) is 0 Å². The molecule has 0 fully saturated rings. The van der Waals surface area contributed by atoms with Crippen LogP contribution >= 0.6 is 12.4 Å². The molecule has 0 spiro atoms. The molecule has 1 aliphatic rings. The van der Waals surface area contributed by atoms with E-state index >= 15 is 0 Å². The van der Waals surface area contributed by atoms with Gasteiger partial charge in [0.15, 0.2) is 6.10 Å². The molecule has 1 N–H and O–H groups in total. The van der Waals surface area contributed by atoms with Crippen molar-refractivity contribution in [1.29, 1.82) is 0 Å². The lowest BCUT2D eigenvalue weighted by Crippen LogP contribution is -2.38. The van der Waals surface area contributed by atoms with Crippen molar-refractivity contribution in [1.82, 2.24) is 10.2 Å². The van der Waals surface area contributed by atoms with Crippen LogP contribution in [0.1, 0.15) is 17.2 Å². The van der Waals surface area contributed by atoms with E-state index in [9.17, 15) is 4.79 Å². The Kier molecular flexibility index (Phi) is 6.28. The molecule has 0 aromatic heterocycles. The summed E-state index contributed by atoms with van der Waals surface area (Å²) < 4.78 is 5.66. The van der Waals surface area contributed by atoms with Gasteiger partial charge in [0.1, 0.15) is 0 Å². The monoisotopic (exact) mass is 284 g/mol. The fourth-order valence-corrected chi connectivity index (χ4v) is 2.19. The maximum absolute atomic E-state index is 12.3. The van der Waals surface area contributed by atoms with Gasteiger partial charge in [0.25, 0.3) is 5.91 Å². The lowest BCUT2D eigenvalue weighted by Gasteiger charge is -2.28. The number of likely N-dealkylation sites (N-methyl/N-ethyl adjacent to an activating group) is 2. The van der Waals surface area contributed by atoms with Crippen molar-refractivity contribution < 1.29 is 9.53 Å². The van der Waals surface area contributed by atoms with Gasteiger partial charge in [-0.25, -0.2) is 0 Å². The van der Waals surface area contributed by atoms with E-state index in [2.05, 4.69) is 11.4 Å². The molecule has 1 amide bonds. The summed E-state index contributed by atoms with van der Waals surface area (Å²) in [4.78, 5) is 14.1. The third kappa shape index (κ3) is 3.69. The van der Waals surface area contributed by atoms with Gasteiger partial charge in [0, 0.05) is 20.1 Å². The second kappa shape index (κ2) is 7.48. The van der Waals surface area contributed by atoms with E-state index in [1.165, 1.54) is 5.56 Å². The molecule has 0 saturated heterocycles. The van der Waals surface area contributed by atoms with Gasteiger partial charge in [-0.1, -0.05) is 24.3 Å². The Balaban J connectivity index is 0.00000180. The van der Waals surface area contributed by atoms with Crippen molar-refractivity contribution in [2.24, 2.45) is 0 Å². The number of amides is 1. The molecule has 2 rings (SSSR count). The summed E-state index contributed by atoms with van der Waals surface area (Å²) in [5.41, 5.74) is 2.24. The lowest BCUT2D eigenvalue weighted by molar-refractivity contribution is -0.143. The van der Waals surface area contributed by atoms with Crippen molar-refractivity contribution in [3.63, 3.8) is 0 Å². The minimum Gasteiger partial charge on any atom is -0.363 e. The maximum Gasteiger partial charge on any atom is 0.256 e. The zero-order valence-corrected chi connectivity index (χ0v) is 12.2. The van der Waals surface area contributed by atoms with Crippen LogP contribution in [0.15, 0.2) is 24.3 Å². The molecule has 1 heterocycles. The number of rotatable bonds is 4. The fourth-order valence-electron chi connectivity index (χ4n) is 2.19. The molecule has 1 atom stereocenters. The first-order valence-corrected chi connectivity index (χ1v) is 6.33. The normalized spacial score (nSPS) is 17.3.